The Labute approximate surface area is 106 Å². The number of rotatable bonds is 4. The second kappa shape index (κ2) is 6.05. The van der Waals surface area contributed by atoms with Gasteiger partial charge in [-0.3, -0.25) is 4.79 Å². The number of ether oxygens (including phenoxy) is 1. The van der Waals surface area contributed by atoms with E-state index in [0.29, 0.717) is 11.3 Å². The molecule has 0 aromatic heterocycles. The van der Waals surface area contributed by atoms with Crippen molar-refractivity contribution in [1.82, 2.24) is 5.32 Å². The average Bonchev–Trinajstić information content (AvgIpc) is 2.28. The van der Waals surface area contributed by atoms with Crippen LogP contribution < -0.4 is 11.1 Å². The van der Waals surface area contributed by atoms with Crippen LogP contribution in [0.1, 0.15) is 29.8 Å². The van der Waals surface area contributed by atoms with Crippen molar-refractivity contribution in [2.75, 3.05) is 12.3 Å². The predicted molar refractivity (Wildman–Crippen MR) is 69.2 cm³/mol. The monoisotopic (exact) mass is 250 g/mol. The molecule has 0 fully saturated rings. The lowest BCUT2D eigenvalue weighted by atomic mass is 10.1. The number of nitrogen functional groups attached to an aromatic ring is 1. The molecule has 5 nitrogen and oxygen atoms in total. The van der Waals surface area contributed by atoms with Gasteiger partial charge in [0.15, 0.2) is 6.61 Å². The highest BCUT2D eigenvalue weighted by Gasteiger charge is 2.11. The summed E-state index contributed by atoms with van der Waals surface area (Å²) in [6.07, 6.45) is 0. The van der Waals surface area contributed by atoms with E-state index in [1.807, 2.05) is 20.8 Å². The maximum absolute atomic E-state index is 11.6. The maximum Gasteiger partial charge on any atom is 0.338 e. The summed E-state index contributed by atoms with van der Waals surface area (Å²) in [6.45, 7) is 5.23. The maximum atomic E-state index is 11.6. The van der Waals surface area contributed by atoms with E-state index in [1.165, 1.54) is 6.07 Å². The highest BCUT2D eigenvalue weighted by atomic mass is 16.5. The lowest BCUT2D eigenvalue weighted by Gasteiger charge is -2.09. The van der Waals surface area contributed by atoms with Crippen molar-refractivity contribution < 1.29 is 14.3 Å². The molecule has 0 saturated carbocycles. The molecule has 1 aromatic carbocycles. The number of carbonyl (C=O) groups is 2. The molecule has 18 heavy (non-hydrogen) atoms. The van der Waals surface area contributed by atoms with Gasteiger partial charge in [-0.25, -0.2) is 4.79 Å². The number of nitrogens with two attached hydrogens (primary N) is 1. The Bertz CT molecular complexity index is 456. The third-order valence-electron chi connectivity index (χ3n) is 2.30. The highest BCUT2D eigenvalue weighted by Crippen LogP contribution is 2.13. The molecule has 0 radical (unpaired) electrons. The number of carbonyl (C=O) groups excluding carboxylic acids is 2. The Hall–Kier alpha value is -2.04. The molecule has 5 heteroatoms. The third-order valence-corrected chi connectivity index (χ3v) is 2.30. The molecule has 1 rings (SSSR count). The zero-order valence-corrected chi connectivity index (χ0v) is 10.8. The zero-order chi connectivity index (χ0) is 13.7. The van der Waals surface area contributed by atoms with Gasteiger partial charge in [-0.1, -0.05) is 6.07 Å². The molecule has 0 saturated heterocycles. The third kappa shape index (κ3) is 4.08. The molecular formula is C13H18N2O3. The summed E-state index contributed by atoms with van der Waals surface area (Å²) in [7, 11) is 0. The Balaban J connectivity index is 2.55. The first-order chi connectivity index (χ1) is 8.40. The van der Waals surface area contributed by atoms with Crippen LogP contribution in [0.3, 0.4) is 0 Å². The van der Waals surface area contributed by atoms with Crippen molar-refractivity contribution in [1.29, 1.82) is 0 Å². The van der Waals surface area contributed by atoms with Crippen molar-refractivity contribution in [3.05, 3.63) is 29.3 Å². The normalized spacial score (nSPS) is 10.2. The first-order valence-electron chi connectivity index (χ1n) is 5.72. The zero-order valence-electron chi connectivity index (χ0n) is 10.8. The van der Waals surface area contributed by atoms with Crippen molar-refractivity contribution in [3.63, 3.8) is 0 Å². The molecule has 0 bridgehead atoms. The van der Waals surface area contributed by atoms with E-state index < -0.39 is 5.97 Å². The van der Waals surface area contributed by atoms with Crippen molar-refractivity contribution in [3.8, 4) is 0 Å². The van der Waals surface area contributed by atoms with Gasteiger partial charge >= 0.3 is 5.97 Å². The summed E-state index contributed by atoms with van der Waals surface area (Å²) in [5, 5.41) is 2.63. The smallest absolute Gasteiger partial charge is 0.338 e. The minimum atomic E-state index is -0.555. The fraction of sp³-hybridized carbons (Fsp3) is 0.385. The topological polar surface area (TPSA) is 81.4 Å². The second-order valence-electron chi connectivity index (χ2n) is 4.37. The Morgan fingerprint density at radius 1 is 1.39 bits per heavy atom. The molecule has 1 amide bonds. The fourth-order valence-electron chi connectivity index (χ4n) is 1.35. The highest BCUT2D eigenvalue weighted by molar-refractivity contribution is 5.92. The molecular weight excluding hydrogens is 232 g/mol. The summed E-state index contributed by atoms with van der Waals surface area (Å²) < 4.78 is 4.88. The van der Waals surface area contributed by atoms with Gasteiger partial charge in [0.25, 0.3) is 5.91 Å². The quantitative estimate of drug-likeness (QED) is 0.622. The first-order valence-corrected chi connectivity index (χ1v) is 5.72. The van der Waals surface area contributed by atoms with Crippen LogP contribution in [0.5, 0.6) is 0 Å². The molecule has 0 aliphatic rings. The van der Waals surface area contributed by atoms with Crippen LogP contribution in [-0.2, 0) is 9.53 Å². The standard InChI is InChI=1S/C13H18N2O3/c1-8(2)15-12(16)7-18-13(17)10-5-4-9(3)11(14)6-10/h4-6,8H,7,14H2,1-3H3,(H,15,16). The molecule has 0 heterocycles. The van der Waals surface area contributed by atoms with Crippen LogP contribution in [0, 0.1) is 6.92 Å². The summed E-state index contributed by atoms with van der Waals surface area (Å²) in [5.74, 6) is -0.876. The van der Waals surface area contributed by atoms with E-state index in [1.54, 1.807) is 12.1 Å². The minimum Gasteiger partial charge on any atom is -0.452 e. The van der Waals surface area contributed by atoms with Crippen molar-refractivity contribution in [2.24, 2.45) is 0 Å². The van der Waals surface area contributed by atoms with Crippen LogP contribution in [-0.4, -0.2) is 24.5 Å². The van der Waals surface area contributed by atoms with E-state index in [-0.39, 0.29) is 18.6 Å². The van der Waals surface area contributed by atoms with Crippen molar-refractivity contribution in [2.45, 2.75) is 26.8 Å². The van der Waals surface area contributed by atoms with E-state index in [2.05, 4.69) is 5.32 Å². The number of hydrogen-bond acceptors (Lipinski definition) is 4. The molecule has 0 aliphatic carbocycles. The summed E-state index contributed by atoms with van der Waals surface area (Å²) in [6, 6.07) is 4.91. The number of esters is 1. The molecule has 0 aliphatic heterocycles. The first kappa shape index (κ1) is 14.0. The second-order valence-corrected chi connectivity index (χ2v) is 4.37. The van der Waals surface area contributed by atoms with Gasteiger partial charge in [-0.2, -0.15) is 0 Å². The number of benzene rings is 1. The minimum absolute atomic E-state index is 0.0196. The van der Waals surface area contributed by atoms with Gasteiger partial charge in [0, 0.05) is 11.7 Å². The van der Waals surface area contributed by atoms with Gasteiger partial charge < -0.3 is 15.8 Å². The predicted octanol–water partition coefficient (Wildman–Crippen LogP) is 1.26. The summed E-state index contributed by atoms with van der Waals surface area (Å²) in [4.78, 5) is 22.9. The summed E-state index contributed by atoms with van der Waals surface area (Å²) in [5.41, 5.74) is 7.45. The number of aryl methyl sites for hydroxylation is 1. The lowest BCUT2D eigenvalue weighted by molar-refractivity contribution is -0.124. The molecule has 0 unspecified atom stereocenters. The Kier molecular flexibility index (Phi) is 4.71. The van der Waals surface area contributed by atoms with Gasteiger partial charge in [0.2, 0.25) is 0 Å². The number of amides is 1. The fourth-order valence-corrected chi connectivity index (χ4v) is 1.35. The molecule has 98 valence electrons. The SMILES string of the molecule is Cc1ccc(C(=O)OCC(=O)NC(C)C)cc1N. The van der Waals surface area contributed by atoms with Crippen LogP contribution in [0.4, 0.5) is 5.69 Å². The van der Waals surface area contributed by atoms with E-state index in [9.17, 15) is 9.59 Å². The number of hydrogen-bond donors (Lipinski definition) is 2. The van der Waals surface area contributed by atoms with Crippen LogP contribution in [0.15, 0.2) is 18.2 Å². The van der Waals surface area contributed by atoms with Crippen molar-refractivity contribution >= 4 is 17.6 Å². The van der Waals surface area contributed by atoms with Crippen LogP contribution >= 0.6 is 0 Å². The molecule has 0 spiro atoms. The molecule has 3 N–H and O–H groups in total. The van der Waals surface area contributed by atoms with E-state index in [4.69, 9.17) is 10.5 Å². The Morgan fingerprint density at radius 3 is 2.61 bits per heavy atom. The average molecular weight is 250 g/mol. The molecule has 0 atom stereocenters. The van der Waals surface area contributed by atoms with Gasteiger partial charge in [0.1, 0.15) is 0 Å². The number of nitrogens with one attached hydrogen (secondary N) is 1. The largest absolute Gasteiger partial charge is 0.452 e. The summed E-state index contributed by atoms with van der Waals surface area (Å²) >= 11 is 0. The Morgan fingerprint density at radius 2 is 2.06 bits per heavy atom. The lowest BCUT2D eigenvalue weighted by Crippen LogP contribution is -2.33. The van der Waals surface area contributed by atoms with Gasteiger partial charge in [-0.05, 0) is 38.5 Å². The van der Waals surface area contributed by atoms with E-state index in [0.717, 1.165) is 5.56 Å². The van der Waals surface area contributed by atoms with Crippen LogP contribution in [0.2, 0.25) is 0 Å². The molecule has 1 aromatic rings. The van der Waals surface area contributed by atoms with E-state index >= 15 is 0 Å². The number of anilines is 1. The van der Waals surface area contributed by atoms with Gasteiger partial charge in [-0.15, -0.1) is 0 Å². The van der Waals surface area contributed by atoms with Crippen LogP contribution in [0.25, 0.3) is 0 Å². The van der Waals surface area contributed by atoms with Gasteiger partial charge in [0.05, 0.1) is 5.56 Å².